The SMILES string of the molecule is C[C@@H](NC=O)c1nc2ccccc2c(=O)[nH]1. The molecular weight excluding hydrogens is 206 g/mol. The van der Waals surface area contributed by atoms with E-state index in [1.54, 1.807) is 25.1 Å². The highest BCUT2D eigenvalue weighted by molar-refractivity contribution is 5.77. The molecule has 0 saturated carbocycles. The van der Waals surface area contributed by atoms with Gasteiger partial charge in [0, 0.05) is 0 Å². The van der Waals surface area contributed by atoms with E-state index in [9.17, 15) is 9.59 Å². The van der Waals surface area contributed by atoms with E-state index in [2.05, 4.69) is 15.3 Å². The number of nitrogens with one attached hydrogen (secondary N) is 2. The van der Waals surface area contributed by atoms with Gasteiger partial charge in [0.15, 0.2) is 0 Å². The van der Waals surface area contributed by atoms with E-state index in [-0.39, 0.29) is 11.6 Å². The van der Waals surface area contributed by atoms with E-state index in [1.807, 2.05) is 6.07 Å². The second kappa shape index (κ2) is 4.14. The van der Waals surface area contributed by atoms with Crippen LogP contribution in [-0.4, -0.2) is 16.4 Å². The van der Waals surface area contributed by atoms with Gasteiger partial charge in [0.05, 0.1) is 16.9 Å². The van der Waals surface area contributed by atoms with Gasteiger partial charge in [-0.2, -0.15) is 0 Å². The van der Waals surface area contributed by atoms with Crippen LogP contribution in [0.3, 0.4) is 0 Å². The number of fused-ring (bicyclic) bond motifs is 1. The Morgan fingerprint density at radius 2 is 2.19 bits per heavy atom. The first-order chi connectivity index (χ1) is 7.72. The van der Waals surface area contributed by atoms with Crippen LogP contribution in [0.4, 0.5) is 0 Å². The molecule has 2 aromatic rings. The molecular formula is C11H11N3O2. The molecule has 0 aliphatic heterocycles. The molecule has 82 valence electrons. The highest BCUT2D eigenvalue weighted by Gasteiger charge is 2.08. The van der Waals surface area contributed by atoms with Crippen molar-refractivity contribution >= 4 is 17.3 Å². The Balaban J connectivity index is 2.58. The highest BCUT2D eigenvalue weighted by atomic mass is 16.1. The van der Waals surface area contributed by atoms with Crippen LogP contribution >= 0.6 is 0 Å². The summed E-state index contributed by atoms with van der Waals surface area (Å²) < 4.78 is 0. The molecule has 1 amide bonds. The summed E-state index contributed by atoms with van der Waals surface area (Å²) >= 11 is 0. The molecule has 16 heavy (non-hydrogen) atoms. The Bertz CT molecular complexity index is 577. The summed E-state index contributed by atoms with van der Waals surface area (Å²) in [5.41, 5.74) is 0.431. The van der Waals surface area contributed by atoms with E-state index in [4.69, 9.17) is 0 Å². The predicted octanol–water partition coefficient (Wildman–Crippen LogP) is 0.730. The molecule has 0 aliphatic rings. The molecule has 1 aromatic heterocycles. The fourth-order valence-corrected chi connectivity index (χ4v) is 1.49. The van der Waals surface area contributed by atoms with Crippen LogP contribution in [-0.2, 0) is 4.79 Å². The summed E-state index contributed by atoms with van der Waals surface area (Å²) in [7, 11) is 0. The van der Waals surface area contributed by atoms with Crippen LogP contribution in [0.5, 0.6) is 0 Å². The van der Waals surface area contributed by atoms with Crippen molar-refractivity contribution in [3.05, 3.63) is 40.4 Å². The number of H-pyrrole nitrogens is 1. The Hall–Kier alpha value is -2.17. The van der Waals surface area contributed by atoms with Crippen molar-refractivity contribution in [3.8, 4) is 0 Å². The molecule has 5 heteroatoms. The normalized spacial score (nSPS) is 12.3. The number of aromatic nitrogens is 2. The molecule has 0 saturated heterocycles. The molecule has 0 bridgehead atoms. The molecule has 2 rings (SSSR count). The fraction of sp³-hybridized carbons (Fsp3) is 0.182. The number of nitrogens with zero attached hydrogens (tertiary/aromatic N) is 1. The minimum Gasteiger partial charge on any atom is -0.349 e. The lowest BCUT2D eigenvalue weighted by Crippen LogP contribution is -2.22. The van der Waals surface area contributed by atoms with Crippen LogP contribution in [0, 0.1) is 0 Å². The first-order valence-electron chi connectivity index (χ1n) is 4.91. The second-order valence-corrected chi connectivity index (χ2v) is 3.47. The standard InChI is InChI=1S/C11H11N3O2/c1-7(12-6-15)10-13-9-5-3-2-4-8(9)11(16)14-10/h2-7H,1H3,(H,12,15)(H,13,14,16)/t7-/m1/s1. The van der Waals surface area contributed by atoms with Crippen molar-refractivity contribution < 1.29 is 4.79 Å². The van der Waals surface area contributed by atoms with Gasteiger partial charge in [-0.3, -0.25) is 9.59 Å². The number of amides is 1. The van der Waals surface area contributed by atoms with Gasteiger partial charge < -0.3 is 10.3 Å². The molecule has 0 spiro atoms. The van der Waals surface area contributed by atoms with Crippen LogP contribution in [0.25, 0.3) is 10.9 Å². The zero-order valence-corrected chi connectivity index (χ0v) is 8.73. The summed E-state index contributed by atoms with van der Waals surface area (Å²) in [6, 6.07) is 6.77. The largest absolute Gasteiger partial charge is 0.349 e. The minimum absolute atomic E-state index is 0.194. The highest BCUT2D eigenvalue weighted by Crippen LogP contribution is 2.09. The summed E-state index contributed by atoms with van der Waals surface area (Å²) in [5, 5.41) is 3.09. The van der Waals surface area contributed by atoms with Gasteiger partial charge in [0.2, 0.25) is 6.41 Å². The maximum atomic E-state index is 11.7. The molecule has 0 radical (unpaired) electrons. The maximum Gasteiger partial charge on any atom is 0.258 e. The number of hydrogen-bond acceptors (Lipinski definition) is 3. The summed E-state index contributed by atoms with van der Waals surface area (Å²) in [4.78, 5) is 28.9. The second-order valence-electron chi connectivity index (χ2n) is 3.47. The summed E-state index contributed by atoms with van der Waals surface area (Å²) in [5.74, 6) is 0.454. The molecule has 1 heterocycles. The first kappa shape index (κ1) is 10.4. The maximum absolute atomic E-state index is 11.7. The van der Waals surface area contributed by atoms with Crippen LogP contribution in [0.2, 0.25) is 0 Å². The number of carbonyl (C=O) groups excluding carboxylic acids is 1. The lowest BCUT2D eigenvalue weighted by Gasteiger charge is -2.09. The number of hydrogen-bond donors (Lipinski definition) is 2. The summed E-state index contributed by atoms with van der Waals surface area (Å²) in [6.07, 6.45) is 0.583. The third-order valence-corrected chi connectivity index (χ3v) is 2.36. The molecule has 0 unspecified atom stereocenters. The number of carbonyl (C=O) groups is 1. The molecule has 0 aliphatic carbocycles. The third kappa shape index (κ3) is 1.79. The molecule has 2 N–H and O–H groups in total. The zero-order valence-electron chi connectivity index (χ0n) is 8.73. The predicted molar refractivity (Wildman–Crippen MR) is 60.0 cm³/mol. The van der Waals surface area contributed by atoms with Crippen molar-refractivity contribution in [2.45, 2.75) is 13.0 Å². The van der Waals surface area contributed by atoms with Crippen LogP contribution < -0.4 is 10.9 Å². The van der Waals surface area contributed by atoms with E-state index in [0.717, 1.165) is 0 Å². The fourth-order valence-electron chi connectivity index (χ4n) is 1.49. The Morgan fingerprint density at radius 3 is 2.94 bits per heavy atom. The molecule has 1 aromatic carbocycles. The van der Waals surface area contributed by atoms with E-state index in [1.165, 1.54) is 0 Å². The first-order valence-corrected chi connectivity index (χ1v) is 4.91. The van der Waals surface area contributed by atoms with Gasteiger partial charge in [-0.1, -0.05) is 12.1 Å². The monoisotopic (exact) mass is 217 g/mol. The number of benzene rings is 1. The minimum atomic E-state index is -0.310. The number of para-hydroxylation sites is 1. The van der Waals surface area contributed by atoms with Crippen molar-refractivity contribution in [1.29, 1.82) is 0 Å². The van der Waals surface area contributed by atoms with Gasteiger partial charge in [0.1, 0.15) is 5.82 Å². The van der Waals surface area contributed by atoms with Crippen molar-refractivity contribution in [3.63, 3.8) is 0 Å². The average molecular weight is 217 g/mol. The summed E-state index contributed by atoms with van der Waals surface area (Å²) in [6.45, 7) is 1.75. The van der Waals surface area contributed by atoms with Gasteiger partial charge >= 0.3 is 0 Å². The van der Waals surface area contributed by atoms with E-state index in [0.29, 0.717) is 23.1 Å². The van der Waals surface area contributed by atoms with Gasteiger partial charge in [-0.25, -0.2) is 4.98 Å². The molecule has 1 atom stereocenters. The average Bonchev–Trinajstić information content (AvgIpc) is 2.29. The third-order valence-electron chi connectivity index (χ3n) is 2.36. The number of rotatable bonds is 3. The Kier molecular flexibility index (Phi) is 2.68. The van der Waals surface area contributed by atoms with Gasteiger partial charge in [-0.15, -0.1) is 0 Å². The van der Waals surface area contributed by atoms with Crippen LogP contribution in [0.15, 0.2) is 29.1 Å². The quantitative estimate of drug-likeness (QED) is 0.744. The van der Waals surface area contributed by atoms with E-state index >= 15 is 0 Å². The lowest BCUT2D eigenvalue weighted by atomic mass is 10.2. The van der Waals surface area contributed by atoms with Crippen molar-refractivity contribution in [2.75, 3.05) is 0 Å². The molecule has 5 nitrogen and oxygen atoms in total. The van der Waals surface area contributed by atoms with Crippen LogP contribution in [0.1, 0.15) is 18.8 Å². The van der Waals surface area contributed by atoms with E-state index < -0.39 is 0 Å². The van der Waals surface area contributed by atoms with Crippen molar-refractivity contribution in [2.24, 2.45) is 0 Å². The van der Waals surface area contributed by atoms with Gasteiger partial charge in [0.25, 0.3) is 5.56 Å². The zero-order chi connectivity index (χ0) is 11.5. The lowest BCUT2D eigenvalue weighted by molar-refractivity contribution is -0.110. The topological polar surface area (TPSA) is 74.8 Å². The smallest absolute Gasteiger partial charge is 0.258 e. The van der Waals surface area contributed by atoms with Crippen molar-refractivity contribution in [1.82, 2.24) is 15.3 Å². The Morgan fingerprint density at radius 1 is 1.44 bits per heavy atom. The molecule has 0 fully saturated rings. The van der Waals surface area contributed by atoms with Gasteiger partial charge in [-0.05, 0) is 19.1 Å². The Labute approximate surface area is 91.5 Å². The number of aromatic amines is 1.